The summed E-state index contributed by atoms with van der Waals surface area (Å²) in [6.45, 7) is 8.51. The van der Waals surface area contributed by atoms with Gasteiger partial charge < -0.3 is 4.90 Å². The highest BCUT2D eigenvalue weighted by molar-refractivity contribution is 7.09. The first kappa shape index (κ1) is 17.1. The molecule has 6 nitrogen and oxygen atoms in total. The topological polar surface area (TPSA) is 54.3 Å². The Morgan fingerprint density at radius 1 is 1.33 bits per heavy atom. The van der Waals surface area contributed by atoms with Gasteiger partial charge in [-0.1, -0.05) is 11.3 Å². The number of rotatable bonds is 6. The molecule has 130 valence electrons. The van der Waals surface area contributed by atoms with Crippen LogP contribution in [0.4, 0.5) is 0 Å². The van der Waals surface area contributed by atoms with E-state index in [1.165, 1.54) is 4.88 Å². The number of piperidine rings is 1. The first-order valence-corrected chi connectivity index (χ1v) is 9.55. The summed E-state index contributed by atoms with van der Waals surface area (Å²) < 4.78 is 1.89. The maximum Gasteiger partial charge on any atom is 0.276 e. The second-order valence-electron chi connectivity index (χ2n) is 6.15. The zero-order chi connectivity index (χ0) is 16.9. The molecule has 3 heterocycles. The Balaban J connectivity index is 1.56. The molecule has 0 aromatic carbocycles. The first-order chi connectivity index (χ1) is 11.7. The van der Waals surface area contributed by atoms with Gasteiger partial charge in [0.1, 0.15) is 0 Å². The third-order valence-electron chi connectivity index (χ3n) is 4.67. The van der Waals surface area contributed by atoms with Crippen LogP contribution in [0.15, 0.2) is 23.7 Å². The number of likely N-dealkylation sites (tertiary alicyclic amines) is 1. The monoisotopic (exact) mass is 347 g/mol. The van der Waals surface area contributed by atoms with Gasteiger partial charge in [0, 0.05) is 37.6 Å². The van der Waals surface area contributed by atoms with E-state index < -0.39 is 0 Å². The van der Waals surface area contributed by atoms with Crippen molar-refractivity contribution in [2.24, 2.45) is 0 Å². The van der Waals surface area contributed by atoms with Gasteiger partial charge in [-0.15, -0.1) is 16.4 Å². The molecule has 0 aliphatic carbocycles. The molecule has 7 heteroatoms. The molecule has 1 aliphatic heterocycles. The molecule has 24 heavy (non-hydrogen) atoms. The number of carbonyl (C=O) groups is 1. The van der Waals surface area contributed by atoms with Gasteiger partial charge in [-0.3, -0.25) is 9.69 Å². The van der Waals surface area contributed by atoms with Crippen LogP contribution in [0.3, 0.4) is 0 Å². The van der Waals surface area contributed by atoms with Crippen molar-refractivity contribution in [1.82, 2.24) is 24.8 Å². The van der Waals surface area contributed by atoms with Crippen molar-refractivity contribution in [3.05, 3.63) is 34.3 Å². The van der Waals surface area contributed by atoms with Gasteiger partial charge in [-0.2, -0.15) is 0 Å². The van der Waals surface area contributed by atoms with Crippen molar-refractivity contribution in [2.75, 3.05) is 26.2 Å². The Hall–Kier alpha value is -1.73. The number of aromatic nitrogens is 3. The normalized spacial score (nSPS) is 16.4. The van der Waals surface area contributed by atoms with Crippen LogP contribution < -0.4 is 0 Å². The second-order valence-corrected chi connectivity index (χ2v) is 7.18. The summed E-state index contributed by atoms with van der Waals surface area (Å²) in [5.74, 6) is -0.0265. The molecule has 0 radical (unpaired) electrons. The standard InChI is InChI=1S/C17H25N5OS/c1-3-21(4-2)17(23)16-13-22(19-18-16)14-7-9-20(10-8-14)12-15-6-5-11-24-15/h5-6,11,13-14H,3-4,7-10,12H2,1-2H3. The molecule has 2 aromatic rings. The summed E-state index contributed by atoms with van der Waals surface area (Å²) in [5.41, 5.74) is 0.458. The summed E-state index contributed by atoms with van der Waals surface area (Å²) in [5, 5.41) is 10.4. The lowest BCUT2D eigenvalue weighted by Crippen LogP contribution is -2.34. The van der Waals surface area contributed by atoms with E-state index in [9.17, 15) is 4.79 Å². The van der Waals surface area contributed by atoms with Crippen LogP contribution in [0.25, 0.3) is 0 Å². The lowest BCUT2D eigenvalue weighted by Gasteiger charge is -2.31. The molecule has 1 aliphatic rings. The molecular formula is C17H25N5OS. The molecule has 2 aromatic heterocycles. The van der Waals surface area contributed by atoms with Crippen molar-refractivity contribution in [3.63, 3.8) is 0 Å². The van der Waals surface area contributed by atoms with Gasteiger partial charge in [-0.25, -0.2) is 4.68 Å². The van der Waals surface area contributed by atoms with Crippen molar-refractivity contribution < 1.29 is 4.79 Å². The number of carbonyl (C=O) groups excluding carboxylic acids is 1. The fraction of sp³-hybridized carbons (Fsp3) is 0.588. The molecule has 0 atom stereocenters. The van der Waals surface area contributed by atoms with Crippen molar-refractivity contribution in [2.45, 2.75) is 39.3 Å². The van der Waals surface area contributed by atoms with E-state index >= 15 is 0 Å². The summed E-state index contributed by atoms with van der Waals surface area (Å²) >= 11 is 1.82. The molecule has 0 spiro atoms. The van der Waals surface area contributed by atoms with E-state index in [1.54, 1.807) is 4.90 Å². The highest BCUT2D eigenvalue weighted by Gasteiger charge is 2.23. The molecule has 0 unspecified atom stereocenters. The Morgan fingerprint density at radius 2 is 2.08 bits per heavy atom. The number of amides is 1. The fourth-order valence-corrected chi connectivity index (χ4v) is 3.94. The summed E-state index contributed by atoms with van der Waals surface area (Å²) in [6, 6.07) is 4.64. The number of hydrogen-bond acceptors (Lipinski definition) is 5. The third-order valence-corrected chi connectivity index (χ3v) is 5.53. The molecule has 0 saturated carbocycles. The number of nitrogens with zero attached hydrogens (tertiary/aromatic N) is 5. The maximum absolute atomic E-state index is 12.3. The molecule has 1 amide bonds. The molecule has 1 saturated heterocycles. The lowest BCUT2D eigenvalue weighted by molar-refractivity contribution is 0.0767. The Bertz CT molecular complexity index is 642. The van der Waals surface area contributed by atoms with Crippen LogP contribution in [0, 0.1) is 0 Å². The zero-order valence-corrected chi connectivity index (χ0v) is 15.2. The zero-order valence-electron chi connectivity index (χ0n) is 14.4. The van der Waals surface area contributed by atoms with Crippen molar-refractivity contribution in [3.8, 4) is 0 Å². The van der Waals surface area contributed by atoms with Crippen LogP contribution in [0.1, 0.15) is 48.1 Å². The van der Waals surface area contributed by atoms with Crippen molar-refractivity contribution in [1.29, 1.82) is 0 Å². The second kappa shape index (κ2) is 7.90. The predicted octanol–water partition coefficient (Wildman–Crippen LogP) is 2.66. The minimum absolute atomic E-state index is 0.0265. The molecule has 1 fully saturated rings. The van der Waals surface area contributed by atoms with E-state index in [1.807, 2.05) is 36.1 Å². The Morgan fingerprint density at radius 3 is 2.71 bits per heavy atom. The molecular weight excluding hydrogens is 322 g/mol. The molecule has 0 N–H and O–H groups in total. The summed E-state index contributed by atoms with van der Waals surface area (Å²) in [6.07, 6.45) is 3.92. The van der Waals surface area contributed by atoms with E-state index in [2.05, 4.69) is 32.7 Å². The van der Waals surface area contributed by atoms with Gasteiger partial charge in [-0.05, 0) is 38.1 Å². The smallest absolute Gasteiger partial charge is 0.276 e. The van der Waals surface area contributed by atoms with Gasteiger partial charge in [0.25, 0.3) is 5.91 Å². The lowest BCUT2D eigenvalue weighted by atomic mass is 10.1. The summed E-state index contributed by atoms with van der Waals surface area (Å²) in [4.78, 5) is 18.0. The fourth-order valence-electron chi connectivity index (χ4n) is 3.19. The van der Waals surface area contributed by atoms with Crippen LogP contribution in [0.2, 0.25) is 0 Å². The van der Waals surface area contributed by atoms with E-state index in [4.69, 9.17) is 0 Å². The van der Waals surface area contributed by atoms with Crippen LogP contribution in [-0.4, -0.2) is 56.9 Å². The quantitative estimate of drug-likeness (QED) is 0.806. The Kier molecular flexibility index (Phi) is 5.63. The van der Waals surface area contributed by atoms with Crippen LogP contribution in [0.5, 0.6) is 0 Å². The number of thiophene rings is 1. The highest BCUT2D eigenvalue weighted by atomic mass is 32.1. The number of hydrogen-bond donors (Lipinski definition) is 0. The van der Waals surface area contributed by atoms with Crippen LogP contribution in [-0.2, 0) is 6.54 Å². The van der Waals surface area contributed by atoms with E-state index in [0.717, 1.165) is 32.5 Å². The molecule has 3 rings (SSSR count). The first-order valence-electron chi connectivity index (χ1n) is 8.67. The minimum atomic E-state index is -0.0265. The third kappa shape index (κ3) is 3.84. The highest BCUT2D eigenvalue weighted by Crippen LogP contribution is 2.24. The SMILES string of the molecule is CCN(CC)C(=O)c1cn(C2CCN(Cc3cccs3)CC2)nn1. The van der Waals surface area contributed by atoms with Gasteiger partial charge in [0.15, 0.2) is 5.69 Å². The van der Waals surface area contributed by atoms with Gasteiger partial charge in [0.2, 0.25) is 0 Å². The molecule has 0 bridgehead atoms. The van der Waals surface area contributed by atoms with Crippen molar-refractivity contribution >= 4 is 17.2 Å². The average Bonchev–Trinajstić information content (AvgIpc) is 3.28. The van der Waals surface area contributed by atoms with E-state index in [-0.39, 0.29) is 5.91 Å². The van der Waals surface area contributed by atoms with Crippen LogP contribution >= 0.6 is 11.3 Å². The van der Waals surface area contributed by atoms with Gasteiger partial charge in [0.05, 0.1) is 12.2 Å². The maximum atomic E-state index is 12.3. The van der Waals surface area contributed by atoms with E-state index in [0.29, 0.717) is 24.8 Å². The van der Waals surface area contributed by atoms with Gasteiger partial charge >= 0.3 is 0 Å². The average molecular weight is 347 g/mol. The Labute approximate surface area is 147 Å². The summed E-state index contributed by atoms with van der Waals surface area (Å²) in [7, 11) is 0. The minimum Gasteiger partial charge on any atom is -0.338 e. The largest absolute Gasteiger partial charge is 0.338 e. The predicted molar refractivity (Wildman–Crippen MR) is 95.1 cm³/mol.